The van der Waals surface area contributed by atoms with Crippen molar-refractivity contribution in [3.63, 3.8) is 0 Å². The Hall–Kier alpha value is -5.92. The highest BCUT2D eigenvalue weighted by Gasteiger charge is 2.20. The molecule has 45 heavy (non-hydrogen) atoms. The summed E-state index contributed by atoms with van der Waals surface area (Å²) in [5.74, 6) is 0. The lowest BCUT2D eigenvalue weighted by Crippen LogP contribution is -1.92. The van der Waals surface area contributed by atoms with Crippen molar-refractivity contribution in [2.45, 2.75) is 0 Å². The number of benzene rings is 9. The largest absolute Gasteiger partial charge is 0.455 e. The first-order valence-electron chi connectivity index (χ1n) is 15.5. The van der Waals surface area contributed by atoms with E-state index in [4.69, 9.17) is 4.42 Å². The molecule has 0 bridgehead atoms. The molecule has 10 rings (SSSR count). The van der Waals surface area contributed by atoms with Crippen LogP contribution in [0.3, 0.4) is 0 Å². The summed E-state index contributed by atoms with van der Waals surface area (Å²) in [4.78, 5) is 0. The van der Waals surface area contributed by atoms with E-state index in [1.807, 2.05) is 0 Å². The van der Waals surface area contributed by atoms with Gasteiger partial charge in [-0.25, -0.2) is 0 Å². The molecule has 0 amide bonds. The molecular weight excluding hydrogens is 544 g/mol. The first-order valence-corrected chi connectivity index (χ1v) is 15.5. The average molecular weight is 571 g/mol. The van der Waals surface area contributed by atoms with Crippen molar-refractivity contribution >= 4 is 75.8 Å². The average Bonchev–Trinajstić information content (AvgIpc) is 3.49. The summed E-state index contributed by atoms with van der Waals surface area (Å²) < 4.78 is 6.63. The van der Waals surface area contributed by atoms with Gasteiger partial charge in [-0.05, 0) is 95.0 Å². The van der Waals surface area contributed by atoms with Gasteiger partial charge in [0, 0.05) is 16.2 Å². The Morgan fingerprint density at radius 2 is 0.844 bits per heavy atom. The smallest absolute Gasteiger partial charge is 0.143 e. The maximum atomic E-state index is 6.63. The SMILES string of the molecule is c1ccc2c(c1)cc(-c1c3ccccc3c(-c3ccc4c(c3)oc3c5ccccc5ccc43)c3ccccc13)c1ccccc12. The molecule has 0 aliphatic rings. The highest BCUT2D eigenvalue weighted by Crippen LogP contribution is 2.47. The molecule has 0 spiro atoms. The number of rotatable bonds is 2. The molecule has 1 nitrogen and oxygen atoms in total. The van der Waals surface area contributed by atoms with E-state index in [0.29, 0.717) is 0 Å². The van der Waals surface area contributed by atoms with Crippen molar-refractivity contribution in [3.8, 4) is 22.3 Å². The van der Waals surface area contributed by atoms with Gasteiger partial charge in [0.25, 0.3) is 0 Å². The predicted molar refractivity (Wildman–Crippen MR) is 192 cm³/mol. The summed E-state index contributed by atoms with van der Waals surface area (Å²) in [5, 5.41) is 14.7. The van der Waals surface area contributed by atoms with Gasteiger partial charge in [0.15, 0.2) is 0 Å². The van der Waals surface area contributed by atoms with E-state index in [1.165, 1.54) is 65.2 Å². The van der Waals surface area contributed by atoms with Gasteiger partial charge in [-0.15, -0.1) is 0 Å². The lowest BCUT2D eigenvalue weighted by molar-refractivity contribution is 0.673. The molecule has 10 aromatic rings. The Labute approximate surface area is 259 Å². The maximum absolute atomic E-state index is 6.63. The fourth-order valence-corrected chi connectivity index (χ4v) is 7.65. The molecule has 0 radical (unpaired) electrons. The maximum Gasteiger partial charge on any atom is 0.143 e. The third kappa shape index (κ3) is 3.50. The minimum atomic E-state index is 0.914. The first kappa shape index (κ1) is 24.5. The number of hydrogen-bond donors (Lipinski definition) is 0. The third-order valence-electron chi connectivity index (χ3n) is 9.62. The Morgan fingerprint density at radius 1 is 0.311 bits per heavy atom. The lowest BCUT2D eigenvalue weighted by atomic mass is 9.84. The normalized spacial score (nSPS) is 12.0. The zero-order valence-corrected chi connectivity index (χ0v) is 24.4. The van der Waals surface area contributed by atoms with E-state index >= 15 is 0 Å². The van der Waals surface area contributed by atoms with Crippen molar-refractivity contribution < 1.29 is 4.42 Å². The van der Waals surface area contributed by atoms with Crippen molar-refractivity contribution in [1.29, 1.82) is 0 Å². The Kier molecular flexibility index (Phi) is 5.06. The zero-order valence-electron chi connectivity index (χ0n) is 24.4. The van der Waals surface area contributed by atoms with Crippen molar-refractivity contribution in [3.05, 3.63) is 158 Å². The van der Waals surface area contributed by atoms with Gasteiger partial charge < -0.3 is 4.42 Å². The second-order valence-corrected chi connectivity index (χ2v) is 12.0. The van der Waals surface area contributed by atoms with Crippen LogP contribution in [-0.2, 0) is 0 Å². The van der Waals surface area contributed by atoms with Crippen LogP contribution in [0.4, 0.5) is 0 Å². The second-order valence-electron chi connectivity index (χ2n) is 12.0. The van der Waals surface area contributed by atoms with Crippen LogP contribution in [0.15, 0.2) is 162 Å². The quantitative estimate of drug-likeness (QED) is 0.149. The molecule has 1 aromatic heterocycles. The second kappa shape index (κ2) is 9.29. The van der Waals surface area contributed by atoms with Gasteiger partial charge in [0.05, 0.1) is 0 Å². The number of furan rings is 1. The minimum absolute atomic E-state index is 0.914. The molecule has 0 N–H and O–H groups in total. The Balaban J connectivity index is 1.31. The van der Waals surface area contributed by atoms with Crippen molar-refractivity contribution in [2.75, 3.05) is 0 Å². The fraction of sp³-hybridized carbons (Fsp3) is 0. The van der Waals surface area contributed by atoms with Crippen molar-refractivity contribution in [2.24, 2.45) is 0 Å². The van der Waals surface area contributed by atoms with Crippen LogP contribution < -0.4 is 0 Å². The predicted octanol–water partition coefficient (Wildman–Crippen LogP) is 12.7. The molecule has 0 fully saturated rings. The lowest BCUT2D eigenvalue weighted by Gasteiger charge is -2.19. The topological polar surface area (TPSA) is 13.1 Å². The van der Waals surface area contributed by atoms with Crippen LogP contribution in [0.2, 0.25) is 0 Å². The van der Waals surface area contributed by atoms with E-state index in [0.717, 1.165) is 32.9 Å². The Morgan fingerprint density at radius 3 is 1.56 bits per heavy atom. The molecule has 0 saturated heterocycles. The van der Waals surface area contributed by atoms with Crippen LogP contribution in [-0.4, -0.2) is 0 Å². The minimum Gasteiger partial charge on any atom is -0.455 e. The van der Waals surface area contributed by atoms with E-state index in [-0.39, 0.29) is 0 Å². The first-order chi connectivity index (χ1) is 22.3. The summed E-state index contributed by atoms with van der Waals surface area (Å²) >= 11 is 0. The molecular formula is C44H26O. The standard InChI is InChI=1S/C44H26O/c1-4-14-31-27(11-1)21-24-39-34-23-22-29(26-41(34)45-44(31)39)42-35-17-7-9-19-37(35)43(38-20-10-8-18-36(38)42)40-25-28-12-2-3-13-30(28)32-15-5-6-16-33(32)40/h1-26H. The fourth-order valence-electron chi connectivity index (χ4n) is 7.65. The molecule has 208 valence electrons. The van der Waals surface area contributed by atoms with Gasteiger partial charge in [0.2, 0.25) is 0 Å². The summed E-state index contributed by atoms with van der Waals surface area (Å²) in [5.41, 5.74) is 6.81. The summed E-state index contributed by atoms with van der Waals surface area (Å²) in [6.07, 6.45) is 0. The summed E-state index contributed by atoms with van der Waals surface area (Å²) in [6.45, 7) is 0. The van der Waals surface area contributed by atoms with Crippen LogP contribution in [0, 0.1) is 0 Å². The van der Waals surface area contributed by atoms with E-state index in [9.17, 15) is 0 Å². The van der Waals surface area contributed by atoms with E-state index in [1.54, 1.807) is 0 Å². The van der Waals surface area contributed by atoms with Gasteiger partial charge >= 0.3 is 0 Å². The molecule has 9 aromatic carbocycles. The number of fused-ring (bicyclic) bond motifs is 10. The molecule has 0 aliphatic heterocycles. The molecule has 1 heteroatoms. The van der Waals surface area contributed by atoms with Crippen LogP contribution in [0.5, 0.6) is 0 Å². The van der Waals surface area contributed by atoms with Gasteiger partial charge in [-0.1, -0.05) is 133 Å². The van der Waals surface area contributed by atoms with Gasteiger partial charge in [0.1, 0.15) is 11.2 Å². The van der Waals surface area contributed by atoms with Crippen LogP contribution in [0.1, 0.15) is 0 Å². The number of hydrogen-bond acceptors (Lipinski definition) is 1. The molecule has 0 unspecified atom stereocenters. The van der Waals surface area contributed by atoms with E-state index in [2.05, 4.69) is 158 Å². The summed E-state index contributed by atoms with van der Waals surface area (Å²) in [6, 6.07) is 57.3. The van der Waals surface area contributed by atoms with Crippen molar-refractivity contribution in [1.82, 2.24) is 0 Å². The highest BCUT2D eigenvalue weighted by molar-refractivity contribution is 6.26. The Bertz CT molecular complexity index is 2760. The van der Waals surface area contributed by atoms with Crippen LogP contribution in [0.25, 0.3) is 98.1 Å². The highest BCUT2D eigenvalue weighted by atomic mass is 16.3. The zero-order chi connectivity index (χ0) is 29.5. The molecule has 0 aliphatic carbocycles. The summed E-state index contributed by atoms with van der Waals surface area (Å²) in [7, 11) is 0. The van der Waals surface area contributed by atoms with Gasteiger partial charge in [-0.2, -0.15) is 0 Å². The molecule has 1 heterocycles. The molecule has 0 saturated carbocycles. The third-order valence-corrected chi connectivity index (χ3v) is 9.62. The van der Waals surface area contributed by atoms with Crippen LogP contribution >= 0.6 is 0 Å². The van der Waals surface area contributed by atoms with Gasteiger partial charge in [-0.3, -0.25) is 0 Å². The van der Waals surface area contributed by atoms with E-state index < -0.39 is 0 Å². The molecule has 0 atom stereocenters. The monoisotopic (exact) mass is 570 g/mol.